The molecule has 1 aliphatic carbocycles. The summed E-state index contributed by atoms with van der Waals surface area (Å²) in [6, 6.07) is 9.77. The number of halogens is 3. The number of nitrogens with zero attached hydrogens (tertiary/aromatic N) is 2. The van der Waals surface area contributed by atoms with E-state index in [1.54, 1.807) is 12.1 Å². The van der Waals surface area contributed by atoms with Gasteiger partial charge in [0.15, 0.2) is 5.54 Å². The molecule has 124 valence electrons. The number of ether oxygens (including phenoxy) is 1. The molecule has 4 nitrogen and oxygen atoms in total. The molecule has 0 radical (unpaired) electrons. The molecular weight excluding hydrogens is 336 g/mol. The van der Waals surface area contributed by atoms with Crippen molar-refractivity contribution in [2.75, 3.05) is 0 Å². The average Bonchev–Trinajstić information content (AvgIpc) is 2.93. The molecule has 7 heteroatoms. The van der Waals surface area contributed by atoms with Gasteiger partial charge in [-0.2, -0.15) is 8.78 Å². The maximum Gasteiger partial charge on any atom is 0.318 e. The van der Waals surface area contributed by atoms with E-state index in [0.717, 1.165) is 5.56 Å². The first-order valence-corrected chi connectivity index (χ1v) is 7.91. The molecule has 2 atom stereocenters. The predicted molar refractivity (Wildman–Crippen MR) is 86.1 cm³/mol. The Kier molecular flexibility index (Phi) is 3.28. The Bertz CT molecular complexity index is 825. The molecule has 0 fully saturated rings. The predicted octanol–water partition coefficient (Wildman–Crippen LogP) is 3.60. The van der Waals surface area contributed by atoms with E-state index in [2.05, 4.69) is 9.98 Å². The van der Waals surface area contributed by atoms with Gasteiger partial charge < -0.3 is 10.5 Å². The van der Waals surface area contributed by atoms with Crippen LogP contribution >= 0.6 is 11.6 Å². The van der Waals surface area contributed by atoms with Crippen LogP contribution in [0.3, 0.4) is 0 Å². The number of aliphatic imine (C=N–C) groups is 1. The number of alkyl halides is 2. The number of aromatic nitrogens is 1. The highest BCUT2D eigenvalue weighted by Gasteiger charge is 2.66. The van der Waals surface area contributed by atoms with Crippen molar-refractivity contribution >= 4 is 17.6 Å². The van der Waals surface area contributed by atoms with Crippen LogP contribution < -0.4 is 5.73 Å². The third kappa shape index (κ3) is 2.02. The van der Waals surface area contributed by atoms with Crippen molar-refractivity contribution in [2.24, 2.45) is 10.7 Å². The molecule has 2 aliphatic rings. The van der Waals surface area contributed by atoms with Crippen LogP contribution in [0.4, 0.5) is 8.78 Å². The number of nitrogens with two attached hydrogens (primary N) is 1. The molecule has 0 saturated heterocycles. The van der Waals surface area contributed by atoms with Gasteiger partial charge in [-0.3, -0.25) is 4.98 Å². The normalized spacial score (nSPS) is 27.5. The summed E-state index contributed by atoms with van der Waals surface area (Å²) in [4.78, 5) is 8.06. The number of amidine groups is 1. The third-order valence-corrected chi connectivity index (χ3v) is 4.88. The lowest BCUT2D eigenvalue weighted by Crippen LogP contribution is -2.53. The summed E-state index contributed by atoms with van der Waals surface area (Å²) in [6.45, 7) is 0. The first-order chi connectivity index (χ1) is 11.4. The van der Waals surface area contributed by atoms with Crippen LogP contribution in [0.2, 0.25) is 5.02 Å². The third-order valence-electron chi connectivity index (χ3n) is 4.66. The zero-order valence-corrected chi connectivity index (χ0v) is 13.3. The van der Waals surface area contributed by atoms with Crippen LogP contribution in [0.25, 0.3) is 0 Å². The summed E-state index contributed by atoms with van der Waals surface area (Å²) >= 11 is 5.80. The molecule has 1 aromatic heterocycles. The fourth-order valence-corrected chi connectivity index (χ4v) is 3.66. The van der Waals surface area contributed by atoms with E-state index in [4.69, 9.17) is 22.1 Å². The van der Waals surface area contributed by atoms with E-state index in [1.807, 2.05) is 12.1 Å². The second-order valence-corrected chi connectivity index (χ2v) is 6.43. The number of hydrogen-bond acceptors (Lipinski definition) is 4. The van der Waals surface area contributed by atoms with Gasteiger partial charge in [-0.1, -0.05) is 35.9 Å². The smallest absolute Gasteiger partial charge is 0.318 e. The average molecular weight is 350 g/mol. The summed E-state index contributed by atoms with van der Waals surface area (Å²) in [5, 5.41) is 0.362. The first kappa shape index (κ1) is 15.3. The van der Waals surface area contributed by atoms with E-state index in [1.165, 1.54) is 18.3 Å². The number of benzene rings is 1. The molecule has 2 N–H and O–H groups in total. The maximum absolute atomic E-state index is 15.5. The topological polar surface area (TPSA) is 60.5 Å². The van der Waals surface area contributed by atoms with Gasteiger partial charge in [0, 0.05) is 6.20 Å². The SMILES string of the molecule is NC1=N[C@@]2(CCc3ccccc32)C(F)(F)C(c2ccc(Cl)cn2)O1. The van der Waals surface area contributed by atoms with Gasteiger partial charge in [-0.05, 0) is 36.1 Å². The maximum atomic E-state index is 15.5. The van der Waals surface area contributed by atoms with E-state index in [9.17, 15) is 0 Å². The summed E-state index contributed by atoms with van der Waals surface area (Å²) in [7, 11) is 0. The Balaban J connectivity index is 1.87. The summed E-state index contributed by atoms with van der Waals surface area (Å²) in [6.07, 6.45) is 0.392. The molecule has 0 amide bonds. The summed E-state index contributed by atoms with van der Waals surface area (Å²) in [5.41, 5.74) is 5.48. The van der Waals surface area contributed by atoms with Crippen molar-refractivity contribution < 1.29 is 13.5 Å². The molecule has 1 unspecified atom stereocenters. The highest BCUT2D eigenvalue weighted by Crippen LogP contribution is 2.57. The van der Waals surface area contributed by atoms with Gasteiger partial charge >= 0.3 is 5.92 Å². The Hall–Kier alpha value is -2.21. The largest absolute Gasteiger partial charge is 0.449 e. The van der Waals surface area contributed by atoms with Crippen molar-refractivity contribution in [3.63, 3.8) is 0 Å². The lowest BCUT2D eigenvalue weighted by atomic mass is 9.81. The number of aryl methyl sites for hydroxylation is 1. The van der Waals surface area contributed by atoms with Crippen molar-refractivity contribution in [3.05, 3.63) is 64.4 Å². The molecular formula is C17H14ClF2N3O. The van der Waals surface area contributed by atoms with Crippen LogP contribution in [0.15, 0.2) is 47.6 Å². The lowest BCUT2D eigenvalue weighted by molar-refractivity contribution is -0.172. The zero-order chi connectivity index (χ0) is 16.9. The Morgan fingerprint density at radius 2 is 2.00 bits per heavy atom. The molecule has 0 saturated carbocycles. The van der Waals surface area contributed by atoms with Crippen LogP contribution in [-0.4, -0.2) is 16.9 Å². The first-order valence-electron chi connectivity index (χ1n) is 7.54. The molecule has 0 bridgehead atoms. The van der Waals surface area contributed by atoms with Crippen LogP contribution in [0.5, 0.6) is 0 Å². The fraction of sp³-hybridized carbons (Fsp3) is 0.294. The number of fused-ring (bicyclic) bond motifs is 2. The van der Waals surface area contributed by atoms with E-state index in [0.29, 0.717) is 17.0 Å². The van der Waals surface area contributed by atoms with Crippen LogP contribution in [0, 0.1) is 0 Å². The second-order valence-electron chi connectivity index (χ2n) is 5.99. The van der Waals surface area contributed by atoms with Gasteiger partial charge in [0.05, 0.1) is 10.7 Å². The highest BCUT2D eigenvalue weighted by atomic mass is 35.5. The van der Waals surface area contributed by atoms with Gasteiger partial charge in [0.1, 0.15) is 0 Å². The quantitative estimate of drug-likeness (QED) is 0.855. The van der Waals surface area contributed by atoms with Gasteiger partial charge in [-0.25, -0.2) is 4.99 Å². The van der Waals surface area contributed by atoms with Crippen LogP contribution in [0.1, 0.15) is 29.3 Å². The van der Waals surface area contributed by atoms with Gasteiger partial charge in [-0.15, -0.1) is 0 Å². The van der Waals surface area contributed by atoms with E-state index < -0.39 is 17.6 Å². The van der Waals surface area contributed by atoms with Crippen molar-refractivity contribution in [3.8, 4) is 0 Å². The summed E-state index contributed by atoms with van der Waals surface area (Å²) in [5.74, 6) is -3.30. The standard InChI is InChI=1S/C17H14ClF2N3O/c18-11-5-6-13(22-9-11)14-17(19,20)16(23-15(21)24-14)8-7-10-3-1-2-4-12(10)16/h1-6,9,14H,7-8H2,(H2,21,23)/t14?,16-/m1/s1. The van der Waals surface area contributed by atoms with Crippen LogP contribution in [-0.2, 0) is 16.7 Å². The minimum Gasteiger partial charge on any atom is -0.449 e. The highest BCUT2D eigenvalue weighted by molar-refractivity contribution is 6.30. The molecule has 1 aliphatic heterocycles. The number of hydrogen-bond donors (Lipinski definition) is 1. The van der Waals surface area contributed by atoms with E-state index >= 15 is 8.78 Å². The Morgan fingerprint density at radius 3 is 2.75 bits per heavy atom. The van der Waals surface area contributed by atoms with Crippen molar-refractivity contribution in [1.29, 1.82) is 0 Å². The van der Waals surface area contributed by atoms with E-state index in [-0.39, 0.29) is 18.1 Å². The minimum absolute atomic E-state index is 0.0750. The monoisotopic (exact) mass is 349 g/mol. The lowest BCUT2D eigenvalue weighted by Gasteiger charge is -2.42. The molecule has 2 heterocycles. The molecule has 2 aromatic rings. The molecule has 1 spiro atoms. The van der Waals surface area contributed by atoms with Gasteiger partial charge in [0.2, 0.25) is 6.10 Å². The Morgan fingerprint density at radius 1 is 1.21 bits per heavy atom. The minimum atomic E-state index is -3.30. The molecule has 24 heavy (non-hydrogen) atoms. The van der Waals surface area contributed by atoms with Crippen molar-refractivity contribution in [2.45, 2.75) is 30.4 Å². The second kappa shape index (κ2) is 5.14. The Labute approximate surface area is 142 Å². The zero-order valence-electron chi connectivity index (χ0n) is 12.5. The molecule has 4 rings (SSSR count). The summed E-state index contributed by atoms with van der Waals surface area (Å²) < 4.78 is 36.2. The number of rotatable bonds is 1. The molecule has 1 aromatic carbocycles. The fourth-order valence-electron chi connectivity index (χ4n) is 3.54. The van der Waals surface area contributed by atoms with Gasteiger partial charge in [0.25, 0.3) is 6.02 Å². The number of pyridine rings is 1. The van der Waals surface area contributed by atoms with Crippen molar-refractivity contribution in [1.82, 2.24) is 4.98 Å².